The number of esters is 1. The van der Waals surface area contributed by atoms with E-state index in [0.29, 0.717) is 19.4 Å². The second kappa shape index (κ2) is 7.92. The molecule has 1 aromatic rings. The molecule has 1 N–H and O–H groups in total. The molecule has 23 heavy (non-hydrogen) atoms. The molecule has 5 nitrogen and oxygen atoms in total. The highest BCUT2D eigenvalue weighted by molar-refractivity contribution is 5.89. The van der Waals surface area contributed by atoms with Crippen LogP contribution in [0.25, 0.3) is 5.57 Å². The summed E-state index contributed by atoms with van der Waals surface area (Å²) in [7, 11) is 5.07. The maximum absolute atomic E-state index is 11.6. The van der Waals surface area contributed by atoms with Gasteiger partial charge >= 0.3 is 5.97 Å². The summed E-state index contributed by atoms with van der Waals surface area (Å²) in [5.41, 5.74) is 5.32. The van der Waals surface area contributed by atoms with E-state index in [1.54, 1.807) is 7.05 Å². The smallest absolute Gasteiger partial charge is 0.306 e. The first-order valence-corrected chi connectivity index (χ1v) is 7.86. The van der Waals surface area contributed by atoms with E-state index in [0.717, 1.165) is 12.8 Å². The Bertz CT molecular complexity index is 622. The van der Waals surface area contributed by atoms with Gasteiger partial charge in [-0.2, -0.15) is 0 Å². The van der Waals surface area contributed by atoms with Crippen LogP contribution in [0.2, 0.25) is 0 Å². The Morgan fingerprint density at radius 1 is 1.30 bits per heavy atom. The SMILES string of the molecule is CN1C(=O)CCC2=C1Cc1ccccc12.CNCCC(=O)OC. The summed E-state index contributed by atoms with van der Waals surface area (Å²) >= 11 is 0. The molecule has 1 aliphatic heterocycles. The van der Waals surface area contributed by atoms with E-state index in [1.807, 2.05) is 11.9 Å². The number of rotatable bonds is 3. The van der Waals surface area contributed by atoms with Crippen molar-refractivity contribution in [3.8, 4) is 0 Å². The van der Waals surface area contributed by atoms with Crippen LogP contribution >= 0.6 is 0 Å². The van der Waals surface area contributed by atoms with Gasteiger partial charge in [0, 0.05) is 32.1 Å². The molecule has 3 rings (SSSR count). The van der Waals surface area contributed by atoms with Crippen LogP contribution in [0.4, 0.5) is 0 Å². The fourth-order valence-electron chi connectivity index (χ4n) is 2.89. The molecule has 1 amide bonds. The van der Waals surface area contributed by atoms with Crippen LogP contribution in [-0.2, 0) is 20.7 Å². The predicted molar refractivity (Wildman–Crippen MR) is 89.6 cm³/mol. The minimum absolute atomic E-state index is 0.167. The molecule has 0 spiro atoms. The molecule has 5 heteroatoms. The first kappa shape index (κ1) is 17.2. The number of benzene rings is 1. The number of allylic oxidation sites excluding steroid dienone is 2. The quantitative estimate of drug-likeness (QED) is 0.866. The third-order valence-corrected chi connectivity index (χ3v) is 4.22. The molecule has 0 atom stereocenters. The average molecular weight is 316 g/mol. The highest BCUT2D eigenvalue weighted by atomic mass is 16.5. The topological polar surface area (TPSA) is 58.6 Å². The number of hydrogen-bond acceptors (Lipinski definition) is 4. The van der Waals surface area contributed by atoms with Gasteiger partial charge < -0.3 is 15.0 Å². The van der Waals surface area contributed by atoms with Gasteiger partial charge in [0.2, 0.25) is 5.91 Å². The average Bonchev–Trinajstić information content (AvgIpc) is 2.96. The zero-order chi connectivity index (χ0) is 16.8. The van der Waals surface area contributed by atoms with E-state index in [2.05, 4.69) is 34.3 Å². The van der Waals surface area contributed by atoms with Gasteiger partial charge in [-0.15, -0.1) is 0 Å². The lowest BCUT2D eigenvalue weighted by atomic mass is 9.99. The molecule has 1 heterocycles. The summed E-state index contributed by atoms with van der Waals surface area (Å²) in [6.07, 6.45) is 2.94. The number of fused-ring (bicyclic) bond motifs is 2. The van der Waals surface area contributed by atoms with Crippen LogP contribution in [0, 0.1) is 0 Å². The number of hydrogen-bond donors (Lipinski definition) is 1. The summed E-state index contributed by atoms with van der Waals surface area (Å²) in [6, 6.07) is 8.47. The van der Waals surface area contributed by atoms with Gasteiger partial charge in [-0.1, -0.05) is 24.3 Å². The van der Waals surface area contributed by atoms with Crippen molar-refractivity contribution >= 4 is 17.4 Å². The van der Waals surface area contributed by atoms with Crippen molar-refractivity contribution < 1.29 is 14.3 Å². The number of ether oxygens (including phenoxy) is 1. The maximum atomic E-state index is 11.6. The highest BCUT2D eigenvalue weighted by Gasteiger charge is 2.29. The van der Waals surface area contributed by atoms with Gasteiger partial charge in [-0.05, 0) is 30.2 Å². The number of carbonyl (C=O) groups excluding carboxylic acids is 2. The van der Waals surface area contributed by atoms with Crippen LogP contribution in [0.15, 0.2) is 30.0 Å². The number of nitrogens with zero attached hydrogens (tertiary/aromatic N) is 1. The molecular weight excluding hydrogens is 292 g/mol. The van der Waals surface area contributed by atoms with Crippen LogP contribution in [0.3, 0.4) is 0 Å². The molecule has 0 bridgehead atoms. The Labute approximate surface area is 137 Å². The molecule has 0 unspecified atom stereocenters. The fraction of sp³-hybridized carbons (Fsp3) is 0.444. The predicted octanol–water partition coefficient (Wildman–Crippen LogP) is 1.97. The largest absolute Gasteiger partial charge is 0.469 e. The summed E-state index contributed by atoms with van der Waals surface area (Å²) in [4.78, 5) is 23.7. The monoisotopic (exact) mass is 316 g/mol. The third-order valence-electron chi connectivity index (χ3n) is 4.22. The zero-order valence-corrected chi connectivity index (χ0v) is 14.0. The van der Waals surface area contributed by atoms with Gasteiger partial charge in [0.15, 0.2) is 0 Å². The van der Waals surface area contributed by atoms with Crippen molar-refractivity contribution in [3.05, 3.63) is 41.1 Å². The molecule has 0 fully saturated rings. The summed E-state index contributed by atoms with van der Waals surface area (Å²) in [6.45, 7) is 0.687. The Balaban J connectivity index is 0.000000207. The Kier molecular flexibility index (Phi) is 5.93. The normalized spacial score (nSPS) is 15.6. The minimum atomic E-state index is -0.167. The number of nitrogens with one attached hydrogen (secondary N) is 1. The first-order valence-electron chi connectivity index (χ1n) is 7.86. The fourth-order valence-corrected chi connectivity index (χ4v) is 2.89. The van der Waals surface area contributed by atoms with Crippen molar-refractivity contribution in [2.24, 2.45) is 0 Å². The van der Waals surface area contributed by atoms with E-state index >= 15 is 0 Å². The number of amides is 1. The minimum Gasteiger partial charge on any atom is -0.469 e. The van der Waals surface area contributed by atoms with Gasteiger partial charge in [0.1, 0.15) is 0 Å². The molecule has 0 radical (unpaired) electrons. The molecule has 2 aliphatic rings. The van der Waals surface area contributed by atoms with Crippen molar-refractivity contribution in [3.63, 3.8) is 0 Å². The van der Waals surface area contributed by atoms with Crippen LogP contribution in [0.5, 0.6) is 0 Å². The number of methoxy groups -OCH3 is 1. The van der Waals surface area contributed by atoms with Crippen molar-refractivity contribution in [2.45, 2.75) is 25.7 Å². The summed E-state index contributed by atoms with van der Waals surface area (Å²) in [5.74, 6) is 0.0842. The number of likely N-dealkylation sites (N-methyl/N-ethyl adjacent to an activating group) is 1. The van der Waals surface area contributed by atoms with E-state index < -0.39 is 0 Å². The molecule has 0 aromatic heterocycles. The summed E-state index contributed by atoms with van der Waals surface area (Å²) < 4.78 is 4.37. The van der Waals surface area contributed by atoms with Crippen LogP contribution < -0.4 is 5.32 Å². The Morgan fingerprint density at radius 2 is 2.04 bits per heavy atom. The van der Waals surface area contributed by atoms with Gasteiger partial charge in [0.05, 0.1) is 13.5 Å². The zero-order valence-electron chi connectivity index (χ0n) is 14.0. The van der Waals surface area contributed by atoms with Crippen molar-refractivity contribution in [1.82, 2.24) is 10.2 Å². The first-order chi connectivity index (χ1) is 11.1. The van der Waals surface area contributed by atoms with Gasteiger partial charge in [-0.3, -0.25) is 9.59 Å². The van der Waals surface area contributed by atoms with Gasteiger partial charge in [-0.25, -0.2) is 0 Å². The Hall–Kier alpha value is -2.14. The van der Waals surface area contributed by atoms with Gasteiger partial charge in [0.25, 0.3) is 0 Å². The lowest BCUT2D eigenvalue weighted by Crippen LogP contribution is -2.29. The maximum Gasteiger partial charge on any atom is 0.306 e. The highest BCUT2D eigenvalue weighted by Crippen LogP contribution is 2.39. The van der Waals surface area contributed by atoms with E-state index in [4.69, 9.17) is 0 Å². The van der Waals surface area contributed by atoms with Crippen LogP contribution in [-0.4, -0.2) is 44.5 Å². The molecule has 124 valence electrons. The molecule has 1 aliphatic carbocycles. The van der Waals surface area contributed by atoms with E-state index in [-0.39, 0.29) is 11.9 Å². The second-order valence-electron chi connectivity index (χ2n) is 5.64. The lowest BCUT2D eigenvalue weighted by Gasteiger charge is -2.25. The third kappa shape index (κ3) is 3.99. The Morgan fingerprint density at radius 3 is 2.74 bits per heavy atom. The number of carbonyl (C=O) groups is 2. The second-order valence-corrected chi connectivity index (χ2v) is 5.64. The molecule has 1 aromatic carbocycles. The standard InChI is InChI=1S/C13H13NO.C5H11NO2/c1-14-12-8-9-4-2-3-5-10(9)11(12)6-7-13(14)15;1-6-4-3-5(7)8-2/h2-5H,6-8H2,1H3;6H,3-4H2,1-2H3. The van der Waals surface area contributed by atoms with Crippen LogP contribution in [0.1, 0.15) is 30.4 Å². The van der Waals surface area contributed by atoms with E-state index in [1.165, 1.54) is 29.5 Å². The van der Waals surface area contributed by atoms with Crippen molar-refractivity contribution in [2.75, 3.05) is 27.7 Å². The molecular formula is C18H24N2O3. The molecule has 0 saturated heterocycles. The van der Waals surface area contributed by atoms with E-state index in [9.17, 15) is 9.59 Å². The summed E-state index contributed by atoms with van der Waals surface area (Å²) in [5, 5.41) is 2.83. The lowest BCUT2D eigenvalue weighted by molar-refractivity contribution is -0.140. The van der Waals surface area contributed by atoms with Crippen molar-refractivity contribution in [1.29, 1.82) is 0 Å². The molecule has 0 saturated carbocycles.